The molecule has 0 bridgehead atoms. The van der Waals surface area contributed by atoms with E-state index in [2.05, 4.69) is 4.74 Å². The fourth-order valence-corrected chi connectivity index (χ4v) is 1.35. The molecule has 0 N–H and O–H groups in total. The van der Waals surface area contributed by atoms with E-state index in [1.807, 2.05) is 0 Å². The monoisotopic (exact) mass is 232 g/mol. The van der Waals surface area contributed by atoms with Crippen LogP contribution in [-0.4, -0.2) is 37.7 Å². The first kappa shape index (κ1) is 12.8. The second kappa shape index (κ2) is 6.32. The molecule has 0 radical (unpaired) electrons. The second-order valence-electron chi connectivity index (χ2n) is 3.47. The first-order valence-corrected chi connectivity index (χ1v) is 5.20. The molecule has 0 aromatic heterocycles. The van der Waals surface area contributed by atoms with Gasteiger partial charge in [0.2, 0.25) is 6.29 Å². The lowest BCUT2D eigenvalue weighted by Gasteiger charge is -2.22. The topological polar surface area (TPSA) is 71.1 Å². The predicted molar refractivity (Wildman–Crippen MR) is 52.6 cm³/mol. The van der Waals surface area contributed by atoms with Gasteiger partial charge in [0.15, 0.2) is 0 Å². The van der Waals surface area contributed by atoms with E-state index in [0.29, 0.717) is 26.1 Å². The smallest absolute Gasteiger partial charge is 0.431 e. The van der Waals surface area contributed by atoms with Gasteiger partial charge in [-0.2, -0.15) is 0 Å². The molecule has 0 aromatic rings. The molecule has 1 aliphatic rings. The van der Waals surface area contributed by atoms with E-state index >= 15 is 0 Å². The Morgan fingerprint density at radius 2 is 1.88 bits per heavy atom. The maximum atomic E-state index is 11.2. The molecule has 6 nitrogen and oxygen atoms in total. The van der Waals surface area contributed by atoms with Crippen LogP contribution >= 0.6 is 0 Å². The molecule has 0 saturated carbocycles. The van der Waals surface area contributed by atoms with Crippen molar-refractivity contribution in [3.8, 4) is 0 Å². The van der Waals surface area contributed by atoms with Crippen LogP contribution in [0.1, 0.15) is 26.7 Å². The van der Waals surface area contributed by atoms with E-state index in [9.17, 15) is 9.59 Å². The summed E-state index contributed by atoms with van der Waals surface area (Å²) in [6.07, 6.45) is -0.593. The summed E-state index contributed by atoms with van der Waals surface area (Å²) in [6, 6.07) is 0. The van der Waals surface area contributed by atoms with Gasteiger partial charge >= 0.3 is 12.1 Å². The normalized spacial score (nSPS) is 18.6. The van der Waals surface area contributed by atoms with Crippen LogP contribution in [0.2, 0.25) is 0 Å². The van der Waals surface area contributed by atoms with E-state index in [4.69, 9.17) is 14.2 Å². The second-order valence-corrected chi connectivity index (χ2v) is 3.47. The van der Waals surface area contributed by atoms with Crippen molar-refractivity contribution < 1.29 is 28.5 Å². The molecule has 0 aromatic carbocycles. The van der Waals surface area contributed by atoms with Crippen molar-refractivity contribution in [1.29, 1.82) is 0 Å². The zero-order chi connectivity index (χ0) is 12.0. The van der Waals surface area contributed by atoms with Crippen LogP contribution in [0.15, 0.2) is 0 Å². The molecule has 0 aliphatic carbocycles. The summed E-state index contributed by atoms with van der Waals surface area (Å²) in [6.45, 7) is 3.85. The number of esters is 1. The third-order valence-electron chi connectivity index (χ3n) is 2.03. The minimum atomic E-state index is -0.926. The summed E-state index contributed by atoms with van der Waals surface area (Å²) in [5.74, 6) is -0.508. The third-order valence-corrected chi connectivity index (χ3v) is 2.03. The zero-order valence-corrected chi connectivity index (χ0v) is 9.43. The summed E-state index contributed by atoms with van der Waals surface area (Å²) in [7, 11) is 0. The fourth-order valence-electron chi connectivity index (χ4n) is 1.35. The molecular formula is C10H16O6. The minimum Gasteiger partial charge on any atom is -0.431 e. The Balaban J connectivity index is 2.21. The van der Waals surface area contributed by atoms with Gasteiger partial charge in [-0.3, -0.25) is 4.79 Å². The Hall–Kier alpha value is -1.30. The van der Waals surface area contributed by atoms with Gasteiger partial charge in [0.25, 0.3) is 0 Å². The quantitative estimate of drug-likeness (QED) is 0.538. The summed E-state index contributed by atoms with van der Waals surface area (Å²) in [5.41, 5.74) is 0. The number of hydrogen-bond donors (Lipinski definition) is 0. The molecule has 1 rings (SSSR count). The van der Waals surface area contributed by atoms with Gasteiger partial charge in [-0.25, -0.2) is 4.79 Å². The molecule has 1 fully saturated rings. The van der Waals surface area contributed by atoms with E-state index in [1.165, 1.54) is 13.8 Å². The van der Waals surface area contributed by atoms with Crippen molar-refractivity contribution >= 4 is 12.1 Å². The minimum absolute atomic E-state index is 0.175. The average Bonchev–Trinajstić information content (AvgIpc) is 2.17. The van der Waals surface area contributed by atoms with Crippen molar-refractivity contribution in [2.24, 2.45) is 0 Å². The average molecular weight is 232 g/mol. The molecule has 1 heterocycles. The van der Waals surface area contributed by atoms with Crippen LogP contribution in [0.25, 0.3) is 0 Å². The lowest BCUT2D eigenvalue weighted by Crippen LogP contribution is -2.29. The number of carbonyl (C=O) groups is 2. The van der Waals surface area contributed by atoms with Crippen molar-refractivity contribution in [3.05, 3.63) is 0 Å². The Kier molecular flexibility index (Phi) is 5.04. The van der Waals surface area contributed by atoms with Gasteiger partial charge in [-0.1, -0.05) is 0 Å². The molecule has 16 heavy (non-hydrogen) atoms. The highest BCUT2D eigenvalue weighted by molar-refractivity contribution is 5.66. The number of carbonyl (C=O) groups excluding carboxylic acids is 2. The van der Waals surface area contributed by atoms with Gasteiger partial charge in [-0.15, -0.1) is 0 Å². The van der Waals surface area contributed by atoms with Gasteiger partial charge in [0.1, 0.15) is 6.10 Å². The van der Waals surface area contributed by atoms with Crippen LogP contribution < -0.4 is 0 Å². The Labute approximate surface area is 93.8 Å². The summed E-state index contributed by atoms with van der Waals surface area (Å²) in [5, 5.41) is 0. The van der Waals surface area contributed by atoms with Gasteiger partial charge in [0.05, 0.1) is 13.2 Å². The maximum Gasteiger partial charge on any atom is 0.511 e. The van der Waals surface area contributed by atoms with Crippen molar-refractivity contribution in [1.82, 2.24) is 0 Å². The standard InChI is InChI=1S/C10H16O6/c1-7(11)14-8(2)15-10(12)16-9-3-5-13-6-4-9/h8-9H,3-6H2,1-2H3/t8-/m0/s1. The van der Waals surface area contributed by atoms with Gasteiger partial charge in [0, 0.05) is 26.7 Å². The number of hydrogen-bond acceptors (Lipinski definition) is 6. The molecule has 0 amide bonds. The lowest BCUT2D eigenvalue weighted by molar-refractivity contribution is -0.166. The van der Waals surface area contributed by atoms with Crippen molar-refractivity contribution in [2.75, 3.05) is 13.2 Å². The molecule has 92 valence electrons. The van der Waals surface area contributed by atoms with Crippen LogP contribution in [0.3, 0.4) is 0 Å². The largest absolute Gasteiger partial charge is 0.511 e. The van der Waals surface area contributed by atoms with E-state index in [-0.39, 0.29) is 6.10 Å². The Morgan fingerprint density at radius 3 is 2.44 bits per heavy atom. The van der Waals surface area contributed by atoms with E-state index in [0.717, 1.165) is 0 Å². The van der Waals surface area contributed by atoms with Crippen LogP contribution in [0.4, 0.5) is 4.79 Å². The van der Waals surface area contributed by atoms with Crippen LogP contribution in [0.5, 0.6) is 0 Å². The Bertz CT molecular complexity index is 246. The SMILES string of the molecule is CC(=O)O[C@H](C)OC(=O)OC1CCOCC1. The van der Waals surface area contributed by atoms with Crippen LogP contribution in [-0.2, 0) is 23.7 Å². The Morgan fingerprint density at radius 1 is 1.25 bits per heavy atom. The molecule has 1 saturated heterocycles. The highest BCUT2D eigenvalue weighted by Gasteiger charge is 2.20. The zero-order valence-electron chi connectivity index (χ0n) is 9.43. The number of ether oxygens (including phenoxy) is 4. The molecule has 0 spiro atoms. The summed E-state index contributed by atoms with van der Waals surface area (Å²) in [4.78, 5) is 21.8. The van der Waals surface area contributed by atoms with Gasteiger partial charge < -0.3 is 18.9 Å². The first-order valence-electron chi connectivity index (χ1n) is 5.20. The highest BCUT2D eigenvalue weighted by atomic mass is 16.8. The lowest BCUT2D eigenvalue weighted by atomic mass is 10.2. The summed E-state index contributed by atoms with van der Waals surface area (Å²) < 4.78 is 19.5. The third kappa shape index (κ3) is 4.97. The van der Waals surface area contributed by atoms with Crippen molar-refractivity contribution in [3.63, 3.8) is 0 Å². The van der Waals surface area contributed by atoms with Gasteiger partial charge in [-0.05, 0) is 0 Å². The fraction of sp³-hybridized carbons (Fsp3) is 0.800. The maximum absolute atomic E-state index is 11.2. The predicted octanol–water partition coefficient (Wildman–Crippen LogP) is 1.23. The summed E-state index contributed by atoms with van der Waals surface area (Å²) >= 11 is 0. The first-order chi connectivity index (χ1) is 7.58. The van der Waals surface area contributed by atoms with Crippen molar-refractivity contribution in [2.45, 2.75) is 39.1 Å². The molecule has 1 aliphatic heterocycles. The van der Waals surface area contributed by atoms with E-state index in [1.54, 1.807) is 0 Å². The number of rotatable bonds is 3. The molecular weight excluding hydrogens is 216 g/mol. The molecule has 1 atom stereocenters. The molecule has 6 heteroatoms. The van der Waals surface area contributed by atoms with E-state index < -0.39 is 18.4 Å². The van der Waals surface area contributed by atoms with Crippen LogP contribution in [0, 0.1) is 0 Å². The molecule has 0 unspecified atom stereocenters. The highest BCUT2D eigenvalue weighted by Crippen LogP contribution is 2.12.